The van der Waals surface area contributed by atoms with E-state index in [0.717, 1.165) is 26.2 Å². The molecular weight excluding hydrogens is 362 g/mol. The maximum atomic E-state index is 13.1. The Morgan fingerprint density at radius 3 is 2.66 bits per heavy atom. The summed E-state index contributed by atoms with van der Waals surface area (Å²) in [5, 5.41) is 6.78. The SMILES string of the molecule is O=C(c1ccn[nH]1)N1Cc2ccccc2N2CCN(Cc3ccccc3)CC2C1. The summed E-state index contributed by atoms with van der Waals surface area (Å²) in [6.45, 7) is 5.21. The molecule has 0 radical (unpaired) electrons. The number of aromatic amines is 1. The monoisotopic (exact) mass is 387 g/mol. The summed E-state index contributed by atoms with van der Waals surface area (Å²) in [6, 6.07) is 21.1. The zero-order valence-electron chi connectivity index (χ0n) is 16.4. The van der Waals surface area contributed by atoms with Crippen molar-refractivity contribution in [3.8, 4) is 0 Å². The van der Waals surface area contributed by atoms with Gasteiger partial charge >= 0.3 is 0 Å². The quantitative estimate of drug-likeness (QED) is 0.751. The van der Waals surface area contributed by atoms with Gasteiger partial charge in [0.05, 0.1) is 6.04 Å². The van der Waals surface area contributed by atoms with Crippen molar-refractivity contribution in [2.75, 3.05) is 31.1 Å². The number of rotatable bonds is 3. The van der Waals surface area contributed by atoms with Crippen LogP contribution < -0.4 is 4.90 Å². The number of piperazine rings is 1. The standard InChI is InChI=1S/C23H25N5O/c29-23(21-10-11-24-25-21)27-15-19-8-4-5-9-22(19)28-13-12-26(16-20(28)17-27)14-18-6-2-1-3-7-18/h1-11,20H,12-17H2,(H,24,25). The van der Waals surface area contributed by atoms with Gasteiger partial charge in [-0.05, 0) is 23.3 Å². The lowest BCUT2D eigenvalue weighted by Gasteiger charge is -2.43. The molecule has 1 amide bonds. The number of nitrogens with one attached hydrogen (secondary N) is 1. The molecule has 1 aromatic heterocycles. The number of anilines is 1. The number of H-pyrrole nitrogens is 1. The van der Waals surface area contributed by atoms with Crippen molar-refractivity contribution in [1.29, 1.82) is 0 Å². The Bertz CT molecular complexity index is 972. The van der Waals surface area contributed by atoms with E-state index in [-0.39, 0.29) is 11.9 Å². The van der Waals surface area contributed by atoms with Crippen molar-refractivity contribution >= 4 is 11.6 Å². The van der Waals surface area contributed by atoms with E-state index in [2.05, 4.69) is 74.6 Å². The third-order valence-electron chi connectivity index (χ3n) is 5.93. The highest BCUT2D eigenvalue weighted by Crippen LogP contribution is 2.30. The molecule has 29 heavy (non-hydrogen) atoms. The minimum absolute atomic E-state index is 0.0133. The van der Waals surface area contributed by atoms with E-state index in [1.807, 2.05) is 4.90 Å². The van der Waals surface area contributed by atoms with Gasteiger partial charge in [0.1, 0.15) is 5.69 Å². The maximum Gasteiger partial charge on any atom is 0.272 e. The van der Waals surface area contributed by atoms with Crippen LogP contribution in [0.1, 0.15) is 21.6 Å². The number of amides is 1. The Morgan fingerprint density at radius 1 is 1.00 bits per heavy atom. The fourth-order valence-corrected chi connectivity index (χ4v) is 4.53. The highest BCUT2D eigenvalue weighted by atomic mass is 16.2. The van der Waals surface area contributed by atoms with Gasteiger partial charge in [-0.15, -0.1) is 0 Å². The van der Waals surface area contributed by atoms with Crippen LogP contribution in [0, 0.1) is 0 Å². The number of carbonyl (C=O) groups is 1. The minimum atomic E-state index is 0.0133. The molecule has 1 saturated heterocycles. The average Bonchev–Trinajstić information content (AvgIpc) is 3.24. The minimum Gasteiger partial charge on any atom is -0.364 e. The second kappa shape index (κ2) is 7.72. The van der Waals surface area contributed by atoms with Crippen molar-refractivity contribution in [3.05, 3.63) is 83.7 Å². The molecule has 0 bridgehead atoms. The first-order valence-corrected chi connectivity index (χ1v) is 10.2. The van der Waals surface area contributed by atoms with Crippen LogP contribution in [-0.2, 0) is 13.1 Å². The van der Waals surface area contributed by atoms with E-state index in [1.165, 1.54) is 16.8 Å². The summed E-state index contributed by atoms with van der Waals surface area (Å²) in [6.07, 6.45) is 1.63. The van der Waals surface area contributed by atoms with Crippen LogP contribution in [0.25, 0.3) is 0 Å². The Balaban J connectivity index is 1.41. The van der Waals surface area contributed by atoms with E-state index in [1.54, 1.807) is 12.3 Å². The molecule has 2 aliphatic heterocycles. The largest absolute Gasteiger partial charge is 0.364 e. The van der Waals surface area contributed by atoms with Gasteiger partial charge in [-0.1, -0.05) is 48.5 Å². The van der Waals surface area contributed by atoms with Crippen LogP contribution in [0.15, 0.2) is 66.9 Å². The third kappa shape index (κ3) is 3.63. The maximum absolute atomic E-state index is 13.1. The van der Waals surface area contributed by atoms with Gasteiger partial charge in [-0.2, -0.15) is 5.10 Å². The summed E-state index contributed by atoms with van der Waals surface area (Å²) >= 11 is 0. The number of hydrogen-bond acceptors (Lipinski definition) is 4. The topological polar surface area (TPSA) is 55.5 Å². The smallest absolute Gasteiger partial charge is 0.272 e. The third-order valence-corrected chi connectivity index (χ3v) is 5.93. The Morgan fingerprint density at radius 2 is 1.83 bits per heavy atom. The molecule has 0 spiro atoms. The first-order chi connectivity index (χ1) is 14.3. The first-order valence-electron chi connectivity index (χ1n) is 10.2. The molecule has 148 valence electrons. The average molecular weight is 387 g/mol. The highest BCUT2D eigenvalue weighted by Gasteiger charge is 2.34. The molecule has 2 aromatic carbocycles. The normalized spacial score (nSPS) is 19.4. The molecular formula is C23H25N5O. The van der Waals surface area contributed by atoms with Gasteiger partial charge in [0, 0.05) is 51.2 Å². The van der Waals surface area contributed by atoms with Crippen LogP contribution in [0.5, 0.6) is 0 Å². The Kier molecular flexibility index (Phi) is 4.77. The van der Waals surface area contributed by atoms with E-state index in [9.17, 15) is 4.79 Å². The lowest BCUT2D eigenvalue weighted by Crippen LogP contribution is -2.56. The van der Waals surface area contributed by atoms with Gasteiger partial charge < -0.3 is 9.80 Å². The Labute approximate surface area is 170 Å². The summed E-state index contributed by atoms with van der Waals surface area (Å²) in [7, 11) is 0. The molecule has 5 rings (SSSR count). The predicted molar refractivity (Wildman–Crippen MR) is 113 cm³/mol. The van der Waals surface area contributed by atoms with Gasteiger partial charge in [0.15, 0.2) is 0 Å². The lowest BCUT2D eigenvalue weighted by atomic mass is 10.1. The molecule has 1 unspecified atom stereocenters. The summed E-state index contributed by atoms with van der Waals surface area (Å²) < 4.78 is 0. The number of nitrogens with zero attached hydrogens (tertiary/aromatic N) is 4. The molecule has 0 aliphatic carbocycles. The fourth-order valence-electron chi connectivity index (χ4n) is 4.53. The van der Waals surface area contributed by atoms with Crippen molar-refractivity contribution < 1.29 is 4.79 Å². The molecule has 1 N–H and O–H groups in total. The van der Waals surface area contributed by atoms with Crippen LogP contribution in [-0.4, -0.2) is 58.1 Å². The lowest BCUT2D eigenvalue weighted by molar-refractivity contribution is 0.0712. The second-order valence-corrected chi connectivity index (χ2v) is 7.85. The van der Waals surface area contributed by atoms with E-state index in [4.69, 9.17) is 0 Å². The van der Waals surface area contributed by atoms with Crippen molar-refractivity contribution in [2.45, 2.75) is 19.1 Å². The molecule has 3 heterocycles. The summed E-state index contributed by atoms with van der Waals surface area (Å²) in [5.74, 6) is 0.0133. The van der Waals surface area contributed by atoms with Gasteiger partial charge in [0.2, 0.25) is 0 Å². The van der Waals surface area contributed by atoms with Gasteiger partial charge in [-0.25, -0.2) is 0 Å². The van der Waals surface area contributed by atoms with Crippen LogP contribution >= 0.6 is 0 Å². The zero-order valence-corrected chi connectivity index (χ0v) is 16.4. The number of hydrogen-bond donors (Lipinski definition) is 1. The number of carbonyl (C=O) groups excluding carboxylic acids is 1. The van der Waals surface area contributed by atoms with Gasteiger partial charge in [-0.3, -0.25) is 14.8 Å². The second-order valence-electron chi connectivity index (χ2n) is 7.85. The van der Waals surface area contributed by atoms with Crippen molar-refractivity contribution in [2.24, 2.45) is 0 Å². The molecule has 1 atom stereocenters. The van der Waals surface area contributed by atoms with Crippen molar-refractivity contribution in [3.63, 3.8) is 0 Å². The Hall–Kier alpha value is -3.12. The van der Waals surface area contributed by atoms with Crippen LogP contribution in [0.2, 0.25) is 0 Å². The number of para-hydroxylation sites is 1. The molecule has 3 aromatic rings. The highest BCUT2D eigenvalue weighted by molar-refractivity contribution is 5.92. The van der Waals surface area contributed by atoms with E-state index in [0.29, 0.717) is 18.8 Å². The van der Waals surface area contributed by atoms with Crippen LogP contribution in [0.4, 0.5) is 5.69 Å². The van der Waals surface area contributed by atoms with Gasteiger partial charge in [0.25, 0.3) is 5.91 Å². The number of benzene rings is 2. The van der Waals surface area contributed by atoms with E-state index >= 15 is 0 Å². The number of fused-ring (bicyclic) bond motifs is 3. The zero-order chi connectivity index (χ0) is 19.6. The summed E-state index contributed by atoms with van der Waals surface area (Å²) in [4.78, 5) is 20.1. The molecule has 2 aliphatic rings. The molecule has 0 saturated carbocycles. The van der Waals surface area contributed by atoms with E-state index < -0.39 is 0 Å². The molecule has 1 fully saturated rings. The predicted octanol–water partition coefficient (Wildman–Crippen LogP) is 2.76. The molecule has 6 heteroatoms. The van der Waals surface area contributed by atoms with Crippen LogP contribution in [0.3, 0.4) is 0 Å². The van der Waals surface area contributed by atoms with Crippen molar-refractivity contribution in [1.82, 2.24) is 20.0 Å². The molecule has 6 nitrogen and oxygen atoms in total. The number of aromatic nitrogens is 2. The first kappa shape index (κ1) is 17.9. The fraction of sp³-hybridized carbons (Fsp3) is 0.304. The summed E-state index contributed by atoms with van der Waals surface area (Å²) in [5.41, 5.74) is 4.35.